The van der Waals surface area contributed by atoms with Gasteiger partial charge in [-0.2, -0.15) is 0 Å². The molecule has 1 aliphatic rings. The monoisotopic (exact) mass is 143 g/mol. The van der Waals surface area contributed by atoms with E-state index in [1.807, 2.05) is 0 Å². The molecule has 0 aromatic heterocycles. The highest BCUT2D eigenvalue weighted by molar-refractivity contribution is 4.62. The van der Waals surface area contributed by atoms with Gasteiger partial charge >= 0.3 is 0 Å². The fourth-order valence-corrected chi connectivity index (χ4v) is 1.25. The third kappa shape index (κ3) is 1.94. The third-order valence-corrected chi connectivity index (χ3v) is 1.87. The fraction of sp³-hybridized carbons (Fsp3) is 1.00. The van der Waals surface area contributed by atoms with Crippen LogP contribution in [0.25, 0.3) is 0 Å². The maximum Gasteiger partial charge on any atom is 0.0624 e. The summed E-state index contributed by atoms with van der Waals surface area (Å²) in [5, 5.41) is 7.92. The Morgan fingerprint density at radius 1 is 1.60 bits per heavy atom. The van der Waals surface area contributed by atoms with Gasteiger partial charge in [0.25, 0.3) is 0 Å². The molecule has 0 atom stereocenters. The normalized spacial score (nSPS) is 20.7. The summed E-state index contributed by atoms with van der Waals surface area (Å²) in [5.74, 6) is 0. The highest BCUT2D eigenvalue weighted by Gasteiger charge is 2.13. The molecule has 1 N–H and O–H groups in total. The quantitative estimate of drug-likeness (QED) is 0.605. The van der Waals surface area contributed by atoms with E-state index in [0.29, 0.717) is 0 Å². The van der Waals surface area contributed by atoms with Crippen molar-refractivity contribution < 1.29 is 0 Å². The van der Waals surface area contributed by atoms with E-state index in [1.165, 1.54) is 13.0 Å². The number of nitrogens with one attached hydrogen (secondary N) is 1. The Hall–Kier alpha value is -0.120. The summed E-state index contributed by atoms with van der Waals surface area (Å²) in [6, 6.07) is 0. The number of hydrogen-bond acceptors (Lipinski definition) is 3. The van der Waals surface area contributed by atoms with E-state index in [4.69, 9.17) is 0 Å². The molecular weight excluding hydrogens is 126 g/mol. The fourth-order valence-electron chi connectivity index (χ4n) is 1.25. The Morgan fingerprint density at radius 2 is 2.40 bits per heavy atom. The van der Waals surface area contributed by atoms with Crippen molar-refractivity contribution in [3.8, 4) is 0 Å². The molecule has 3 nitrogen and oxygen atoms in total. The lowest BCUT2D eigenvalue weighted by Gasteiger charge is -2.26. The van der Waals surface area contributed by atoms with Gasteiger partial charge in [-0.25, -0.2) is 10.0 Å². The molecule has 0 radical (unpaired) electrons. The van der Waals surface area contributed by atoms with Crippen molar-refractivity contribution in [2.45, 2.75) is 13.3 Å². The first-order chi connectivity index (χ1) is 4.84. The first-order valence-electron chi connectivity index (χ1n) is 4.01. The molecule has 0 aliphatic carbocycles. The van der Waals surface area contributed by atoms with Crippen molar-refractivity contribution in [3.63, 3.8) is 0 Å². The highest BCUT2D eigenvalue weighted by Crippen LogP contribution is 1.97. The van der Waals surface area contributed by atoms with E-state index >= 15 is 0 Å². The van der Waals surface area contributed by atoms with Gasteiger partial charge in [0.1, 0.15) is 0 Å². The van der Waals surface area contributed by atoms with Crippen molar-refractivity contribution in [2.75, 3.05) is 33.4 Å². The summed E-state index contributed by atoms with van der Waals surface area (Å²) < 4.78 is 0. The molecule has 1 aliphatic heterocycles. The number of nitrogens with zero attached hydrogens (tertiary/aromatic N) is 2. The Kier molecular flexibility index (Phi) is 3.12. The highest BCUT2D eigenvalue weighted by atomic mass is 15.6. The van der Waals surface area contributed by atoms with Crippen LogP contribution in [-0.4, -0.2) is 43.4 Å². The van der Waals surface area contributed by atoms with Crippen LogP contribution in [0.3, 0.4) is 0 Å². The molecule has 1 saturated heterocycles. The van der Waals surface area contributed by atoms with Crippen LogP contribution in [0, 0.1) is 0 Å². The predicted octanol–water partition coefficient (Wildman–Crippen LogP) is 0.106. The molecule has 0 aromatic carbocycles. The third-order valence-electron chi connectivity index (χ3n) is 1.87. The van der Waals surface area contributed by atoms with Gasteiger partial charge in [-0.15, -0.1) is 0 Å². The molecular formula is C7H17N3. The standard InChI is InChI=1S/C7H17N3/c1-3-5-9(2)10-6-4-8-7-10/h8H,3-7H2,1-2H3. The number of rotatable bonds is 3. The van der Waals surface area contributed by atoms with E-state index in [0.717, 1.165) is 19.8 Å². The van der Waals surface area contributed by atoms with E-state index in [9.17, 15) is 0 Å². The smallest absolute Gasteiger partial charge is 0.0624 e. The van der Waals surface area contributed by atoms with Gasteiger partial charge in [0.05, 0.1) is 6.67 Å². The molecule has 1 fully saturated rings. The topological polar surface area (TPSA) is 18.5 Å². The predicted molar refractivity (Wildman–Crippen MR) is 42.5 cm³/mol. The Morgan fingerprint density at radius 3 is 2.90 bits per heavy atom. The molecule has 1 heterocycles. The molecule has 0 amide bonds. The van der Waals surface area contributed by atoms with E-state index in [1.54, 1.807) is 0 Å². The molecule has 0 spiro atoms. The van der Waals surface area contributed by atoms with Gasteiger partial charge in [-0.1, -0.05) is 6.92 Å². The molecule has 0 saturated carbocycles. The SMILES string of the molecule is CCCN(C)N1CCNC1. The minimum absolute atomic E-state index is 1.02. The second kappa shape index (κ2) is 3.91. The lowest BCUT2D eigenvalue weighted by atomic mass is 10.5. The summed E-state index contributed by atoms with van der Waals surface area (Å²) in [6.45, 7) is 6.70. The van der Waals surface area contributed by atoms with Crippen molar-refractivity contribution in [1.82, 2.24) is 15.3 Å². The van der Waals surface area contributed by atoms with E-state index in [2.05, 4.69) is 29.3 Å². The molecule has 1 rings (SSSR count). The Labute approximate surface area is 63.0 Å². The van der Waals surface area contributed by atoms with Crippen LogP contribution in [0.1, 0.15) is 13.3 Å². The summed E-state index contributed by atoms with van der Waals surface area (Å²) >= 11 is 0. The largest absolute Gasteiger partial charge is 0.302 e. The average Bonchev–Trinajstić information content (AvgIpc) is 2.38. The minimum atomic E-state index is 1.02. The average molecular weight is 143 g/mol. The van der Waals surface area contributed by atoms with Gasteiger partial charge in [0.15, 0.2) is 0 Å². The van der Waals surface area contributed by atoms with Gasteiger partial charge in [0, 0.05) is 26.7 Å². The van der Waals surface area contributed by atoms with Crippen molar-refractivity contribution in [1.29, 1.82) is 0 Å². The maximum atomic E-state index is 3.30. The molecule has 0 bridgehead atoms. The van der Waals surface area contributed by atoms with Crippen LogP contribution in [0.5, 0.6) is 0 Å². The first kappa shape index (κ1) is 7.98. The summed E-state index contributed by atoms with van der Waals surface area (Å²) in [4.78, 5) is 0. The van der Waals surface area contributed by atoms with E-state index < -0.39 is 0 Å². The van der Waals surface area contributed by atoms with Crippen LogP contribution in [0.4, 0.5) is 0 Å². The summed E-state index contributed by atoms with van der Waals surface area (Å²) in [6.07, 6.45) is 1.23. The molecule has 10 heavy (non-hydrogen) atoms. The zero-order valence-corrected chi connectivity index (χ0v) is 6.93. The van der Waals surface area contributed by atoms with Crippen molar-refractivity contribution in [2.24, 2.45) is 0 Å². The second-order valence-corrected chi connectivity index (χ2v) is 2.77. The minimum Gasteiger partial charge on any atom is -0.302 e. The Bertz CT molecular complexity index is 88.9. The van der Waals surface area contributed by atoms with Crippen LogP contribution in [0.2, 0.25) is 0 Å². The van der Waals surface area contributed by atoms with Gasteiger partial charge in [0.2, 0.25) is 0 Å². The van der Waals surface area contributed by atoms with Crippen LogP contribution < -0.4 is 5.32 Å². The summed E-state index contributed by atoms with van der Waals surface area (Å²) in [7, 11) is 2.15. The number of hydrazine groups is 1. The molecule has 60 valence electrons. The summed E-state index contributed by atoms with van der Waals surface area (Å²) in [5.41, 5.74) is 0. The van der Waals surface area contributed by atoms with Crippen LogP contribution in [-0.2, 0) is 0 Å². The Balaban J connectivity index is 2.18. The van der Waals surface area contributed by atoms with Crippen molar-refractivity contribution >= 4 is 0 Å². The van der Waals surface area contributed by atoms with Crippen molar-refractivity contribution in [3.05, 3.63) is 0 Å². The lowest BCUT2D eigenvalue weighted by Crippen LogP contribution is -2.39. The zero-order valence-electron chi connectivity index (χ0n) is 6.93. The second-order valence-electron chi connectivity index (χ2n) is 2.77. The van der Waals surface area contributed by atoms with Gasteiger partial charge < -0.3 is 5.32 Å². The van der Waals surface area contributed by atoms with Gasteiger partial charge in [-0.05, 0) is 6.42 Å². The number of hydrogen-bond donors (Lipinski definition) is 1. The van der Waals surface area contributed by atoms with Gasteiger partial charge in [-0.3, -0.25) is 0 Å². The molecule has 3 heteroatoms. The molecule has 0 unspecified atom stereocenters. The molecule has 0 aromatic rings. The van der Waals surface area contributed by atoms with Crippen LogP contribution in [0.15, 0.2) is 0 Å². The maximum absolute atomic E-state index is 3.30. The zero-order chi connectivity index (χ0) is 7.40. The first-order valence-corrected chi connectivity index (χ1v) is 4.01. The van der Waals surface area contributed by atoms with Crippen LogP contribution >= 0.6 is 0 Å². The van der Waals surface area contributed by atoms with E-state index in [-0.39, 0.29) is 0 Å². The lowest BCUT2D eigenvalue weighted by molar-refractivity contribution is 0.0236.